The van der Waals surface area contributed by atoms with E-state index in [1.54, 1.807) is 22.6 Å². The molecule has 0 aliphatic rings. The van der Waals surface area contributed by atoms with Crippen LogP contribution in [0.1, 0.15) is 5.01 Å². The average molecular weight is 663 g/mol. The summed E-state index contributed by atoms with van der Waals surface area (Å²) < 4.78 is 119. The summed E-state index contributed by atoms with van der Waals surface area (Å²) in [5.74, 6) is -8.23. The zero-order chi connectivity index (χ0) is 27.4. The second-order valence-corrected chi connectivity index (χ2v) is 10.2. The van der Waals surface area contributed by atoms with E-state index in [9.17, 15) is 35.1 Å². The molecule has 0 aliphatic heterocycles. The zero-order valence-electron chi connectivity index (χ0n) is 18.4. The number of thiazole rings is 1. The summed E-state index contributed by atoms with van der Waals surface area (Å²) in [6.45, 7) is 0. The highest BCUT2D eigenvalue weighted by atomic mass is 127. The maximum absolute atomic E-state index is 14.9. The van der Waals surface area contributed by atoms with Crippen molar-refractivity contribution in [2.75, 3.05) is 0 Å². The first kappa shape index (κ1) is 26.4. The Balaban J connectivity index is 1.44. The number of rotatable bonds is 5. The molecule has 1 aromatic heterocycles. The van der Waals surface area contributed by atoms with Gasteiger partial charge in [-0.2, -0.15) is 8.78 Å². The van der Waals surface area contributed by atoms with Gasteiger partial charge in [-0.25, -0.2) is 31.3 Å². The Morgan fingerprint density at radius 2 is 1.37 bits per heavy atom. The number of nitrogens with zero attached hydrogens (tertiary/aromatic N) is 1. The molecule has 0 amide bonds. The topological polar surface area (TPSA) is 22.1 Å². The summed E-state index contributed by atoms with van der Waals surface area (Å²) in [4.78, 5) is 3.83. The molecule has 0 radical (unpaired) electrons. The predicted octanol–water partition coefficient (Wildman–Crippen LogP) is 9.20. The number of hydrogen-bond donors (Lipinski definition) is 0. The summed E-state index contributed by atoms with van der Waals surface area (Å²) in [5, 5.41) is -0.805. The number of fused-ring (bicyclic) bond motifs is 1. The minimum absolute atomic E-state index is 0.116. The summed E-state index contributed by atoms with van der Waals surface area (Å²) >= 11 is 2.27. The van der Waals surface area contributed by atoms with Crippen LogP contribution in [0.2, 0.25) is 0 Å². The van der Waals surface area contributed by atoms with Gasteiger partial charge in [0.25, 0.3) is 0 Å². The third kappa shape index (κ3) is 4.94. The molecule has 1 heterocycles. The highest BCUT2D eigenvalue weighted by molar-refractivity contribution is 14.1. The summed E-state index contributed by atoms with van der Waals surface area (Å²) in [5.41, 5.74) is -0.803. The second-order valence-electron chi connectivity index (χ2n) is 7.96. The van der Waals surface area contributed by atoms with E-state index in [0.29, 0.717) is 33.1 Å². The number of ether oxygens (including phenoxy) is 1. The van der Waals surface area contributed by atoms with Crippen molar-refractivity contribution in [1.29, 1.82) is 0 Å². The van der Waals surface area contributed by atoms with E-state index in [0.717, 1.165) is 24.3 Å². The minimum atomic E-state index is -4.04. The molecule has 0 bridgehead atoms. The number of benzene rings is 4. The molecular formula is C26H10F8INOS. The fourth-order valence-corrected chi connectivity index (χ4v) is 5.18. The fourth-order valence-electron chi connectivity index (χ4n) is 3.72. The van der Waals surface area contributed by atoms with Crippen molar-refractivity contribution in [3.05, 3.63) is 104 Å². The lowest BCUT2D eigenvalue weighted by Gasteiger charge is -2.16. The van der Waals surface area contributed by atoms with Gasteiger partial charge in [0, 0.05) is 15.2 Å². The Morgan fingerprint density at radius 1 is 0.711 bits per heavy atom. The normalized spacial score (nSPS) is 11.8. The van der Waals surface area contributed by atoms with Crippen LogP contribution in [-0.2, 0) is 6.11 Å². The van der Waals surface area contributed by atoms with E-state index < -0.39 is 51.8 Å². The molecule has 0 N–H and O–H groups in total. The van der Waals surface area contributed by atoms with Crippen LogP contribution in [0.25, 0.3) is 32.5 Å². The molecule has 12 heteroatoms. The van der Waals surface area contributed by atoms with Gasteiger partial charge in [-0.1, -0.05) is 6.07 Å². The van der Waals surface area contributed by atoms with Crippen molar-refractivity contribution < 1.29 is 39.9 Å². The fraction of sp³-hybridized carbons (Fsp3) is 0.0385. The van der Waals surface area contributed by atoms with Crippen LogP contribution in [0.15, 0.2) is 60.7 Å². The van der Waals surface area contributed by atoms with Crippen molar-refractivity contribution in [2.24, 2.45) is 0 Å². The lowest BCUT2D eigenvalue weighted by atomic mass is 10.0. The Kier molecular flexibility index (Phi) is 6.80. The van der Waals surface area contributed by atoms with E-state index in [4.69, 9.17) is 0 Å². The molecular weight excluding hydrogens is 653 g/mol. The monoisotopic (exact) mass is 663 g/mol. The highest BCUT2D eigenvalue weighted by Crippen LogP contribution is 2.39. The van der Waals surface area contributed by atoms with Gasteiger partial charge in [-0.3, -0.25) is 0 Å². The maximum Gasteiger partial charge on any atom is 0.454 e. The molecule has 0 fully saturated rings. The van der Waals surface area contributed by atoms with Crippen LogP contribution in [0, 0.1) is 38.5 Å². The Bertz CT molecular complexity index is 1680. The molecule has 0 unspecified atom stereocenters. The molecule has 5 aromatic rings. The molecule has 0 aliphatic carbocycles. The summed E-state index contributed by atoms with van der Waals surface area (Å²) in [7, 11) is 0. The Morgan fingerprint density at radius 3 is 2.00 bits per heavy atom. The number of halogens is 9. The first-order chi connectivity index (χ1) is 17.9. The second kappa shape index (κ2) is 9.80. The predicted molar refractivity (Wildman–Crippen MR) is 134 cm³/mol. The van der Waals surface area contributed by atoms with Crippen LogP contribution in [0.4, 0.5) is 35.1 Å². The Hall–Kier alpha value is -3.26. The van der Waals surface area contributed by atoms with Crippen molar-refractivity contribution >= 4 is 44.1 Å². The summed E-state index contributed by atoms with van der Waals surface area (Å²) in [6.07, 6.45) is -4.04. The van der Waals surface area contributed by atoms with Crippen molar-refractivity contribution in [3.63, 3.8) is 0 Å². The number of alkyl halides is 2. The lowest BCUT2D eigenvalue weighted by Crippen LogP contribution is -2.21. The van der Waals surface area contributed by atoms with E-state index in [-0.39, 0.29) is 32.5 Å². The molecule has 38 heavy (non-hydrogen) atoms. The third-order valence-electron chi connectivity index (χ3n) is 5.41. The molecule has 0 saturated heterocycles. The Labute approximate surface area is 226 Å². The molecule has 0 atom stereocenters. The van der Waals surface area contributed by atoms with Gasteiger partial charge in [-0.15, -0.1) is 11.3 Å². The minimum Gasteiger partial charge on any atom is -0.427 e. The van der Waals surface area contributed by atoms with E-state index in [1.807, 2.05) is 0 Å². The molecule has 0 saturated carbocycles. The van der Waals surface area contributed by atoms with Crippen LogP contribution in [0.5, 0.6) is 5.75 Å². The smallest absolute Gasteiger partial charge is 0.427 e. The van der Waals surface area contributed by atoms with Gasteiger partial charge >= 0.3 is 6.11 Å². The van der Waals surface area contributed by atoms with Crippen LogP contribution < -0.4 is 4.74 Å². The van der Waals surface area contributed by atoms with Crippen LogP contribution in [-0.4, -0.2) is 4.98 Å². The standard InChI is InChI=1S/C26H10F8INOS/c27-16-10-14(2-3-15(16)12-5-19(30)24(32)20(31)6-12)37-26(33,34)25-36-21-4-1-11(7-22(21)38-25)23-17(28)8-13(35)9-18(23)29/h1-10H. The molecule has 194 valence electrons. The maximum atomic E-state index is 14.9. The van der Waals surface area contributed by atoms with Crippen molar-refractivity contribution in [1.82, 2.24) is 4.98 Å². The highest BCUT2D eigenvalue weighted by Gasteiger charge is 2.39. The zero-order valence-corrected chi connectivity index (χ0v) is 21.4. The lowest BCUT2D eigenvalue weighted by molar-refractivity contribution is -0.185. The molecule has 2 nitrogen and oxygen atoms in total. The van der Waals surface area contributed by atoms with Crippen LogP contribution in [0.3, 0.4) is 0 Å². The van der Waals surface area contributed by atoms with Gasteiger partial charge in [-0.05, 0) is 82.2 Å². The molecule has 0 spiro atoms. The van der Waals surface area contributed by atoms with E-state index in [2.05, 4.69) is 9.72 Å². The van der Waals surface area contributed by atoms with E-state index in [1.165, 1.54) is 18.2 Å². The number of hydrogen-bond acceptors (Lipinski definition) is 3. The van der Waals surface area contributed by atoms with Gasteiger partial charge in [0.2, 0.25) is 5.01 Å². The third-order valence-corrected chi connectivity index (χ3v) is 7.11. The summed E-state index contributed by atoms with van der Waals surface area (Å²) in [6, 6.07) is 9.85. The van der Waals surface area contributed by atoms with Gasteiger partial charge in [0.15, 0.2) is 17.5 Å². The first-order valence-corrected chi connectivity index (χ1v) is 12.4. The van der Waals surface area contributed by atoms with Gasteiger partial charge < -0.3 is 4.74 Å². The van der Waals surface area contributed by atoms with Crippen molar-refractivity contribution in [2.45, 2.75) is 6.11 Å². The molecule has 5 rings (SSSR count). The van der Waals surface area contributed by atoms with Crippen molar-refractivity contribution in [3.8, 4) is 28.0 Å². The largest absolute Gasteiger partial charge is 0.454 e. The SMILES string of the molecule is Fc1cc(OC(F)(F)c2nc3ccc(-c4c(F)cc(I)cc4F)cc3s2)ccc1-c1cc(F)c(F)c(F)c1. The first-order valence-electron chi connectivity index (χ1n) is 10.5. The van der Waals surface area contributed by atoms with Crippen LogP contribution >= 0.6 is 33.9 Å². The van der Waals surface area contributed by atoms with E-state index >= 15 is 0 Å². The van der Waals surface area contributed by atoms with Gasteiger partial charge in [0.05, 0.1) is 15.8 Å². The molecule has 4 aromatic carbocycles. The quantitative estimate of drug-likeness (QED) is 0.106. The average Bonchev–Trinajstić information content (AvgIpc) is 3.26. The van der Waals surface area contributed by atoms with Gasteiger partial charge in [0.1, 0.15) is 23.2 Å². The number of aromatic nitrogens is 1.